The van der Waals surface area contributed by atoms with E-state index in [1.165, 1.54) is 37.9 Å². The Morgan fingerprint density at radius 2 is 2.04 bits per heavy atom. The van der Waals surface area contributed by atoms with Crippen molar-refractivity contribution in [1.29, 1.82) is 0 Å². The number of phenols is 1. The molecule has 2 unspecified atom stereocenters. The molecule has 0 radical (unpaired) electrons. The lowest BCUT2D eigenvalue weighted by Gasteiger charge is -2.42. The molecule has 0 spiro atoms. The van der Waals surface area contributed by atoms with Crippen LogP contribution in [0.5, 0.6) is 11.5 Å². The number of benzene rings is 1. The minimum atomic E-state index is 0.214. The minimum Gasteiger partial charge on any atom is -0.504 e. The molecule has 5 nitrogen and oxygen atoms in total. The van der Waals surface area contributed by atoms with Crippen LogP contribution in [0.15, 0.2) is 18.2 Å². The molecule has 0 bridgehead atoms. The molecule has 0 amide bonds. The summed E-state index contributed by atoms with van der Waals surface area (Å²) in [6.07, 6.45) is 3.98. The van der Waals surface area contributed by atoms with Crippen LogP contribution < -0.4 is 10.1 Å². The molecule has 3 rings (SSSR count). The summed E-state index contributed by atoms with van der Waals surface area (Å²) in [5.41, 5.74) is 1.24. The Bertz CT molecular complexity index is 531. The molecule has 2 heterocycles. The Kier molecular flexibility index (Phi) is 5.98. The number of aromatic hydroxyl groups is 1. The normalized spacial score (nSPS) is 24.7. The number of phenolic OH excluding ortho intramolecular Hbond substituents is 1. The fraction of sp³-hybridized carbons (Fsp3) is 0.684. The third-order valence-corrected chi connectivity index (χ3v) is 5.42. The van der Waals surface area contributed by atoms with E-state index in [1.807, 2.05) is 6.07 Å². The lowest BCUT2D eigenvalue weighted by atomic mass is 9.99. The summed E-state index contributed by atoms with van der Waals surface area (Å²) >= 11 is 0. The summed E-state index contributed by atoms with van der Waals surface area (Å²) < 4.78 is 5.35. The van der Waals surface area contributed by atoms with E-state index in [4.69, 9.17) is 4.74 Å². The highest BCUT2D eigenvalue weighted by Crippen LogP contribution is 2.33. The smallest absolute Gasteiger partial charge is 0.160 e. The van der Waals surface area contributed by atoms with Crippen LogP contribution in [0.3, 0.4) is 0 Å². The highest BCUT2D eigenvalue weighted by molar-refractivity contribution is 5.43. The van der Waals surface area contributed by atoms with Crippen LogP contribution in [-0.4, -0.2) is 67.3 Å². The maximum Gasteiger partial charge on any atom is 0.160 e. The number of ether oxygens (including phenoxy) is 1. The fourth-order valence-electron chi connectivity index (χ4n) is 4.01. The van der Waals surface area contributed by atoms with Crippen molar-refractivity contribution in [3.05, 3.63) is 23.8 Å². The monoisotopic (exact) mass is 333 g/mol. The first-order valence-electron chi connectivity index (χ1n) is 9.24. The van der Waals surface area contributed by atoms with Crippen LogP contribution in [0, 0.1) is 0 Å². The van der Waals surface area contributed by atoms with Crippen LogP contribution in [0.25, 0.3) is 0 Å². The van der Waals surface area contributed by atoms with Gasteiger partial charge < -0.3 is 20.1 Å². The third-order valence-electron chi connectivity index (χ3n) is 5.42. The van der Waals surface area contributed by atoms with Crippen LogP contribution in [0.4, 0.5) is 0 Å². The van der Waals surface area contributed by atoms with Gasteiger partial charge in [-0.25, -0.2) is 0 Å². The van der Waals surface area contributed by atoms with E-state index in [1.54, 1.807) is 13.2 Å². The van der Waals surface area contributed by atoms with E-state index in [0.29, 0.717) is 17.8 Å². The molecule has 134 valence electrons. The van der Waals surface area contributed by atoms with Crippen molar-refractivity contribution in [2.45, 2.75) is 38.3 Å². The zero-order valence-corrected chi connectivity index (χ0v) is 15.0. The third kappa shape index (κ3) is 4.02. The highest BCUT2D eigenvalue weighted by atomic mass is 16.5. The SMILES string of the molecule is COc1cc(C(CN2CCCCC2)N2CCNCC2C)ccc1O. The van der Waals surface area contributed by atoms with Crippen molar-refractivity contribution < 1.29 is 9.84 Å². The van der Waals surface area contributed by atoms with E-state index in [9.17, 15) is 5.11 Å². The average Bonchev–Trinajstić information content (AvgIpc) is 2.62. The van der Waals surface area contributed by atoms with Crippen molar-refractivity contribution in [1.82, 2.24) is 15.1 Å². The Balaban J connectivity index is 1.85. The predicted octanol–water partition coefficient (Wildman–Crippen LogP) is 2.22. The van der Waals surface area contributed by atoms with E-state index >= 15 is 0 Å². The molecule has 2 aliphatic heterocycles. The lowest BCUT2D eigenvalue weighted by Crippen LogP contribution is -2.53. The highest BCUT2D eigenvalue weighted by Gasteiger charge is 2.29. The summed E-state index contributed by atoms with van der Waals surface area (Å²) in [4.78, 5) is 5.21. The number of likely N-dealkylation sites (tertiary alicyclic amines) is 1. The quantitative estimate of drug-likeness (QED) is 0.865. The minimum absolute atomic E-state index is 0.214. The summed E-state index contributed by atoms with van der Waals surface area (Å²) in [5.74, 6) is 0.783. The van der Waals surface area contributed by atoms with Crippen LogP contribution in [-0.2, 0) is 0 Å². The second-order valence-corrected chi connectivity index (χ2v) is 7.10. The van der Waals surface area contributed by atoms with E-state index in [2.05, 4.69) is 28.1 Å². The first-order valence-corrected chi connectivity index (χ1v) is 9.24. The van der Waals surface area contributed by atoms with E-state index in [-0.39, 0.29) is 5.75 Å². The van der Waals surface area contributed by atoms with Crippen molar-refractivity contribution in [3.63, 3.8) is 0 Å². The van der Waals surface area contributed by atoms with Gasteiger partial charge in [0, 0.05) is 38.3 Å². The average molecular weight is 333 g/mol. The number of piperidine rings is 1. The first kappa shape index (κ1) is 17.5. The number of rotatable bonds is 5. The van der Waals surface area contributed by atoms with Gasteiger partial charge in [0.25, 0.3) is 0 Å². The summed E-state index contributed by atoms with van der Waals surface area (Å²) in [7, 11) is 1.62. The topological polar surface area (TPSA) is 48.0 Å². The summed E-state index contributed by atoms with van der Waals surface area (Å²) in [6, 6.07) is 6.69. The first-order chi connectivity index (χ1) is 11.7. The van der Waals surface area contributed by atoms with Crippen molar-refractivity contribution in [2.75, 3.05) is 46.4 Å². The Hall–Kier alpha value is -1.30. The van der Waals surface area contributed by atoms with Gasteiger partial charge in [-0.1, -0.05) is 12.5 Å². The fourth-order valence-corrected chi connectivity index (χ4v) is 4.01. The Morgan fingerprint density at radius 3 is 2.75 bits per heavy atom. The van der Waals surface area contributed by atoms with Gasteiger partial charge in [0.2, 0.25) is 0 Å². The molecule has 0 aliphatic carbocycles. The molecule has 5 heteroatoms. The maximum atomic E-state index is 9.94. The van der Waals surface area contributed by atoms with Crippen molar-refractivity contribution in [3.8, 4) is 11.5 Å². The molecule has 2 aliphatic rings. The van der Waals surface area contributed by atoms with Crippen LogP contribution >= 0.6 is 0 Å². The van der Waals surface area contributed by atoms with Gasteiger partial charge in [0.15, 0.2) is 11.5 Å². The lowest BCUT2D eigenvalue weighted by molar-refractivity contribution is 0.0778. The molecule has 0 aromatic heterocycles. The second kappa shape index (κ2) is 8.19. The molecule has 2 fully saturated rings. The van der Waals surface area contributed by atoms with Crippen molar-refractivity contribution >= 4 is 0 Å². The van der Waals surface area contributed by atoms with Crippen LogP contribution in [0.2, 0.25) is 0 Å². The summed E-state index contributed by atoms with van der Waals surface area (Å²) in [6.45, 7) is 8.88. The molecular weight excluding hydrogens is 302 g/mol. The van der Waals surface area contributed by atoms with Crippen molar-refractivity contribution in [2.24, 2.45) is 0 Å². The Morgan fingerprint density at radius 1 is 1.25 bits per heavy atom. The maximum absolute atomic E-state index is 9.94. The molecule has 2 N–H and O–H groups in total. The standard InChI is InChI=1S/C19H31N3O2/c1-15-13-20-8-11-22(15)17(14-21-9-4-3-5-10-21)16-6-7-18(23)19(12-16)24-2/h6-7,12,15,17,20,23H,3-5,8-11,13-14H2,1-2H3. The van der Waals surface area contributed by atoms with Gasteiger partial charge in [-0.3, -0.25) is 4.90 Å². The molecule has 0 saturated carbocycles. The summed E-state index contributed by atoms with van der Waals surface area (Å²) in [5, 5.41) is 13.4. The van der Waals surface area contributed by atoms with Gasteiger partial charge in [0.1, 0.15) is 0 Å². The van der Waals surface area contributed by atoms with Gasteiger partial charge in [0.05, 0.1) is 7.11 Å². The van der Waals surface area contributed by atoms with Crippen LogP contribution in [0.1, 0.15) is 37.8 Å². The number of hydrogen-bond donors (Lipinski definition) is 2. The van der Waals surface area contributed by atoms with E-state index < -0.39 is 0 Å². The zero-order chi connectivity index (χ0) is 16.9. The van der Waals surface area contributed by atoms with E-state index in [0.717, 1.165) is 26.2 Å². The number of nitrogens with zero attached hydrogens (tertiary/aromatic N) is 2. The number of nitrogens with one attached hydrogen (secondary N) is 1. The number of hydrogen-bond acceptors (Lipinski definition) is 5. The zero-order valence-electron chi connectivity index (χ0n) is 15.0. The van der Waals surface area contributed by atoms with Gasteiger partial charge >= 0.3 is 0 Å². The van der Waals surface area contributed by atoms with Gasteiger partial charge in [-0.15, -0.1) is 0 Å². The molecule has 2 saturated heterocycles. The molecule has 1 aromatic rings. The largest absolute Gasteiger partial charge is 0.504 e. The molecule has 2 atom stereocenters. The van der Waals surface area contributed by atoms with Gasteiger partial charge in [-0.2, -0.15) is 0 Å². The number of methoxy groups -OCH3 is 1. The molecule has 24 heavy (non-hydrogen) atoms. The van der Waals surface area contributed by atoms with Gasteiger partial charge in [-0.05, 0) is 50.6 Å². The molecular formula is C19H31N3O2. The Labute approximate surface area is 145 Å². The number of piperazine rings is 1. The molecule has 1 aromatic carbocycles. The predicted molar refractivity (Wildman–Crippen MR) is 96.7 cm³/mol. The second-order valence-electron chi connectivity index (χ2n) is 7.10.